The van der Waals surface area contributed by atoms with Crippen LogP contribution in [-0.2, 0) is 11.3 Å². The van der Waals surface area contributed by atoms with Gasteiger partial charge in [0.15, 0.2) is 0 Å². The number of aromatic nitrogens is 1. The number of rotatable bonds is 8. The van der Waals surface area contributed by atoms with Crippen LogP contribution in [0.2, 0.25) is 0 Å². The first kappa shape index (κ1) is 18.0. The zero-order chi connectivity index (χ0) is 17.7. The number of allylic oxidation sites excluding steroid dienone is 1. The predicted molar refractivity (Wildman–Crippen MR) is 98.8 cm³/mol. The van der Waals surface area contributed by atoms with E-state index in [1.54, 1.807) is 0 Å². The molecule has 1 amide bonds. The lowest BCUT2D eigenvalue weighted by Crippen LogP contribution is -2.31. The molecule has 1 aliphatic rings. The van der Waals surface area contributed by atoms with Crippen molar-refractivity contribution < 1.29 is 4.79 Å². The maximum atomic E-state index is 12.7. The zero-order valence-electron chi connectivity index (χ0n) is 15.1. The second kappa shape index (κ2) is 7.51. The van der Waals surface area contributed by atoms with Crippen molar-refractivity contribution in [3.8, 4) is 0 Å². The quantitative estimate of drug-likeness (QED) is 0.438. The summed E-state index contributed by atoms with van der Waals surface area (Å²) in [4.78, 5) is 16.8. The molecule has 1 aromatic rings. The minimum absolute atomic E-state index is 0.0662. The summed E-state index contributed by atoms with van der Waals surface area (Å²) in [5.74, 6) is 0.635. The number of hydrogen-bond donors (Lipinski definition) is 2. The van der Waals surface area contributed by atoms with E-state index in [2.05, 4.69) is 29.3 Å². The minimum atomic E-state index is -0.0662. The average Bonchev–Trinajstić information content (AvgIpc) is 3.03. The average molecular weight is 328 g/mol. The van der Waals surface area contributed by atoms with Crippen molar-refractivity contribution in [1.82, 2.24) is 15.2 Å². The zero-order valence-corrected chi connectivity index (χ0v) is 15.1. The van der Waals surface area contributed by atoms with Crippen molar-refractivity contribution >= 4 is 12.6 Å². The lowest BCUT2D eigenvalue weighted by atomic mass is 10.0. The monoisotopic (exact) mass is 328 g/mol. The van der Waals surface area contributed by atoms with E-state index in [0.717, 1.165) is 30.5 Å². The van der Waals surface area contributed by atoms with E-state index < -0.39 is 0 Å². The van der Waals surface area contributed by atoms with Crippen molar-refractivity contribution in [1.29, 1.82) is 0 Å². The molecule has 24 heavy (non-hydrogen) atoms. The van der Waals surface area contributed by atoms with Crippen molar-refractivity contribution in [2.45, 2.75) is 52.6 Å². The molecular formula is C19H28N4O. The standard InChI is InChI=1S/C19H28N4O/c1-14(2)16(15(3)17(20-5)22-19(4)8-9-19)18(24)21-10-13-23-11-6-7-12-23/h6-7,11-12,22H,5,8-10,13H2,1-4H3,(H,21,24)/b17-15-. The van der Waals surface area contributed by atoms with Gasteiger partial charge in [0.1, 0.15) is 5.82 Å². The van der Waals surface area contributed by atoms with Gasteiger partial charge in [0.05, 0.1) is 0 Å². The molecule has 130 valence electrons. The highest BCUT2D eigenvalue weighted by atomic mass is 16.1. The maximum Gasteiger partial charge on any atom is 0.251 e. The molecule has 0 spiro atoms. The van der Waals surface area contributed by atoms with Crippen LogP contribution in [0.15, 0.2) is 52.1 Å². The lowest BCUT2D eigenvalue weighted by molar-refractivity contribution is -0.117. The molecule has 0 saturated heterocycles. The Morgan fingerprint density at radius 2 is 1.88 bits per heavy atom. The van der Waals surface area contributed by atoms with Crippen LogP contribution in [0.3, 0.4) is 0 Å². The van der Waals surface area contributed by atoms with Gasteiger partial charge >= 0.3 is 0 Å². The molecule has 0 radical (unpaired) electrons. The van der Waals surface area contributed by atoms with Gasteiger partial charge in [0, 0.05) is 42.2 Å². The topological polar surface area (TPSA) is 58.4 Å². The van der Waals surface area contributed by atoms with Crippen LogP contribution in [0.5, 0.6) is 0 Å². The minimum Gasteiger partial charge on any atom is -0.365 e. The van der Waals surface area contributed by atoms with Crippen molar-refractivity contribution in [3.05, 3.63) is 47.1 Å². The summed E-state index contributed by atoms with van der Waals surface area (Å²) in [6.07, 6.45) is 6.21. The highest BCUT2D eigenvalue weighted by Crippen LogP contribution is 2.36. The van der Waals surface area contributed by atoms with Gasteiger partial charge in [-0.1, -0.05) is 5.57 Å². The first-order valence-electron chi connectivity index (χ1n) is 8.39. The molecule has 1 saturated carbocycles. The second-order valence-electron chi connectivity index (χ2n) is 6.87. The Balaban J connectivity index is 2.08. The summed E-state index contributed by atoms with van der Waals surface area (Å²) in [7, 11) is 0. The van der Waals surface area contributed by atoms with Crippen molar-refractivity contribution in [2.75, 3.05) is 6.54 Å². The Morgan fingerprint density at radius 3 is 2.38 bits per heavy atom. The Morgan fingerprint density at radius 1 is 1.25 bits per heavy atom. The SMILES string of the molecule is C=N/C(NC1(C)CC1)=C(\C)C(C(=O)NCCn1cccc1)=C(C)C. The van der Waals surface area contributed by atoms with Gasteiger partial charge < -0.3 is 15.2 Å². The molecule has 0 bridgehead atoms. The molecular weight excluding hydrogens is 300 g/mol. The van der Waals surface area contributed by atoms with E-state index in [1.165, 1.54) is 0 Å². The third kappa shape index (κ3) is 4.60. The number of hydrogen-bond acceptors (Lipinski definition) is 3. The van der Waals surface area contributed by atoms with Crippen molar-refractivity contribution in [2.24, 2.45) is 4.99 Å². The third-order valence-corrected chi connectivity index (χ3v) is 4.36. The molecule has 2 rings (SSSR count). The fraction of sp³-hybridized carbons (Fsp3) is 0.474. The molecule has 1 heterocycles. The highest BCUT2D eigenvalue weighted by molar-refractivity contribution is 5.98. The van der Waals surface area contributed by atoms with Crippen LogP contribution in [0.4, 0.5) is 0 Å². The summed E-state index contributed by atoms with van der Waals surface area (Å²) in [6.45, 7) is 13.0. The van der Waals surface area contributed by atoms with E-state index in [9.17, 15) is 4.79 Å². The smallest absolute Gasteiger partial charge is 0.251 e. The second-order valence-corrected chi connectivity index (χ2v) is 6.87. The predicted octanol–water partition coefficient (Wildman–Crippen LogP) is 3.01. The van der Waals surface area contributed by atoms with E-state index in [1.807, 2.05) is 49.9 Å². The molecule has 5 heteroatoms. The van der Waals surface area contributed by atoms with Crippen LogP contribution >= 0.6 is 0 Å². The van der Waals surface area contributed by atoms with Gasteiger partial charge in [-0.3, -0.25) is 4.79 Å². The van der Waals surface area contributed by atoms with Crippen LogP contribution < -0.4 is 10.6 Å². The fourth-order valence-electron chi connectivity index (χ4n) is 2.65. The van der Waals surface area contributed by atoms with Gasteiger partial charge in [0.25, 0.3) is 5.91 Å². The number of carbonyl (C=O) groups is 1. The summed E-state index contributed by atoms with van der Waals surface area (Å²) in [5.41, 5.74) is 2.59. The Labute approximate surface area is 144 Å². The summed E-state index contributed by atoms with van der Waals surface area (Å²) < 4.78 is 2.04. The van der Waals surface area contributed by atoms with E-state index in [0.29, 0.717) is 17.9 Å². The maximum absolute atomic E-state index is 12.7. The van der Waals surface area contributed by atoms with Gasteiger partial charge in [0.2, 0.25) is 0 Å². The molecule has 0 aliphatic heterocycles. The number of nitrogens with one attached hydrogen (secondary N) is 2. The molecule has 1 aliphatic carbocycles. The molecule has 0 unspecified atom stereocenters. The largest absolute Gasteiger partial charge is 0.365 e. The summed E-state index contributed by atoms with van der Waals surface area (Å²) >= 11 is 0. The first-order chi connectivity index (χ1) is 11.4. The van der Waals surface area contributed by atoms with Crippen molar-refractivity contribution in [3.63, 3.8) is 0 Å². The van der Waals surface area contributed by atoms with E-state index in [-0.39, 0.29) is 11.4 Å². The Bertz CT molecular complexity index is 660. The van der Waals surface area contributed by atoms with E-state index in [4.69, 9.17) is 0 Å². The number of carbonyl (C=O) groups excluding carboxylic acids is 1. The first-order valence-corrected chi connectivity index (χ1v) is 8.39. The van der Waals surface area contributed by atoms with E-state index >= 15 is 0 Å². The lowest BCUT2D eigenvalue weighted by Gasteiger charge is -2.18. The van der Waals surface area contributed by atoms with Gasteiger partial charge in [-0.15, -0.1) is 0 Å². The molecule has 5 nitrogen and oxygen atoms in total. The van der Waals surface area contributed by atoms with Gasteiger partial charge in [-0.2, -0.15) is 0 Å². The van der Waals surface area contributed by atoms with Crippen LogP contribution in [-0.4, -0.2) is 29.3 Å². The van der Waals surface area contributed by atoms with Gasteiger partial charge in [-0.25, -0.2) is 4.99 Å². The van der Waals surface area contributed by atoms with Crippen LogP contribution in [0.25, 0.3) is 0 Å². The number of aliphatic imine (C=N–C) groups is 1. The van der Waals surface area contributed by atoms with Gasteiger partial charge in [-0.05, 0) is 59.4 Å². The Hall–Kier alpha value is -2.30. The number of nitrogens with zero attached hydrogens (tertiary/aromatic N) is 2. The highest BCUT2D eigenvalue weighted by Gasteiger charge is 2.38. The van der Waals surface area contributed by atoms with Crippen LogP contribution in [0, 0.1) is 0 Å². The normalized spacial score (nSPS) is 16.0. The molecule has 0 atom stereocenters. The molecule has 2 N–H and O–H groups in total. The summed E-state index contributed by atoms with van der Waals surface area (Å²) in [5, 5.41) is 6.42. The molecule has 0 aromatic carbocycles. The third-order valence-electron chi connectivity index (χ3n) is 4.36. The molecule has 1 fully saturated rings. The van der Waals surface area contributed by atoms with Crippen LogP contribution in [0.1, 0.15) is 40.5 Å². The molecule has 1 aromatic heterocycles. The number of amides is 1. The fourth-order valence-corrected chi connectivity index (χ4v) is 2.65. The Kier molecular flexibility index (Phi) is 5.65. The summed E-state index contributed by atoms with van der Waals surface area (Å²) in [6, 6.07) is 3.95.